The summed E-state index contributed by atoms with van der Waals surface area (Å²) in [6.45, 7) is 6.60. The van der Waals surface area contributed by atoms with Crippen LogP contribution < -0.4 is 15.8 Å². The largest absolute Gasteiger partial charge is 0.488 e. The van der Waals surface area contributed by atoms with E-state index in [9.17, 15) is 4.79 Å². The number of anilines is 2. The lowest BCUT2D eigenvalue weighted by Crippen LogP contribution is -2.31. The molecule has 1 unspecified atom stereocenters. The second kappa shape index (κ2) is 12.7. The van der Waals surface area contributed by atoms with E-state index >= 15 is 0 Å². The molecule has 0 aliphatic rings. The van der Waals surface area contributed by atoms with Gasteiger partial charge in [-0.15, -0.1) is 0 Å². The molecule has 0 fully saturated rings. The van der Waals surface area contributed by atoms with Gasteiger partial charge in [0, 0.05) is 0 Å². The first kappa shape index (κ1) is 22.5. The minimum absolute atomic E-state index is 0.119. The number of nitrogens with zero attached hydrogens (tertiary/aromatic N) is 2. The third kappa shape index (κ3) is 8.11. The molecule has 150 valence electrons. The maximum Gasteiger partial charge on any atom is 0.328 e. The number of allylic oxidation sites excluding steroid dienone is 4. The van der Waals surface area contributed by atoms with Crippen molar-refractivity contribution in [3.8, 4) is 5.75 Å². The van der Waals surface area contributed by atoms with Crippen LogP contribution in [0.2, 0.25) is 0 Å². The third-order valence-corrected chi connectivity index (χ3v) is 4.04. The second-order valence-corrected chi connectivity index (χ2v) is 6.12. The molecular weight excluding hydrogens is 344 g/mol. The topological polar surface area (TPSA) is 99.4 Å². The first-order valence-electron chi connectivity index (χ1n) is 9.43. The van der Waals surface area contributed by atoms with Crippen LogP contribution in [-0.4, -0.2) is 35.7 Å². The second-order valence-electron chi connectivity index (χ2n) is 6.12. The number of nitrogens with one attached hydrogen (secondary N) is 1. The first-order chi connectivity index (χ1) is 13.0. The molecule has 0 spiro atoms. The maximum atomic E-state index is 12.0. The molecule has 1 atom stereocenters. The van der Waals surface area contributed by atoms with E-state index in [-0.39, 0.29) is 11.9 Å². The van der Waals surface area contributed by atoms with Gasteiger partial charge in [-0.3, -0.25) is 0 Å². The molecule has 0 bridgehead atoms. The predicted octanol–water partition coefficient (Wildman–Crippen LogP) is 3.88. The van der Waals surface area contributed by atoms with Gasteiger partial charge in [0.05, 0.1) is 19.9 Å². The summed E-state index contributed by atoms with van der Waals surface area (Å²) in [5.74, 6) is 0.667. The van der Waals surface area contributed by atoms with Crippen molar-refractivity contribution in [3.05, 3.63) is 30.0 Å². The summed E-state index contributed by atoms with van der Waals surface area (Å²) < 4.78 is 10.7. The predicted molar refractivity (Wildman–Crippen MR) is 109 cm³/mol. The van der Waals surface area contributed by atoms with E-state index in [1.807, 2.05) is 19.9 Å². The van der Waals surface area contributed by atoms with Crippen molar-refractivity contribution in [1.29, 1.82) is 0 Å². The molecule has 0 radical (unpaired) electrons. The number of hydrogen-bond donors (Lipinski definition) is 2. The highest BCUT2D eigenvalue weighted by Gasteiger charge is 2.21. The molecule has 1 rings (SSSR count). The van der Waals surface area contributed by atoms with Crippen molar-refractivity contribution in [3.63, 3.8) is 0 Å². The summed E-state index contributed by atoms with van der Waals surface area (Å²) >= 11 is 0. The normalized spacial score (nSPS) is 12.8. The van der Waals surface area contributed by atoms with Crippen LogP contribution in [0.3, 0.4) is 0 Å². The number of nitrogens with two attached hydrogens (primary N) is 1. The van der Waals surface area contributed by atoms with E-state index in [0.29, 0.717) is 24.6 Å². The number of nitrogen functional groups attached to an aromatic ring is 1. The highest BCUT2D eigenvalue weighted by molar-refractivity contribution is 5.79. The summed E-state index contributed by atoms with van der Waals surface area (Å²) in [5, 5.41) is 3.10. The highest BCUT2D eigenvalue weighted by Crippen LogP contribution is 2.24. The number of aromatic nitrogens is 2. The van der Waals surface area contributed by atoms with Crippen LogP contribution >= 0.6 is 0 Å². The van der Waals surface area contributed by atoms with E-state index in [2.05, 4.69) is 34.4 Å². The van der Waals surface area contributed by atoms with Gasteiger partial charge in [0.25, 0.3) is 0 Å². The minimum atomic E-state index is -0.504. The zero-order chi connectivity index (χ0) is 20.1. The fourth-order valence-electron chi connectivity index (χ4n) is 2.55. The highest BCUT2D eigenvalue weighted by atomic mass is 16.5. The molecule has 7 nitrogen and oxygen atoms in total. The summed E-state index contributed by atoms with van der Waals surface area (Å²) in [6, 6.07) is -0.504. The number of hydrogen-bond acceptors (Lipinski definition) is 7. The zero-order valence-corrected chi connectivity index (χ0v) is 16.8. The fourth-order valence-corrected chi connectivity index (χ4v) is 2.55. The number of carbonyl (C=O) groups excluding carboxylic acids is 1. The number of esters is 1. The lowest BCUT2D eigenvalue weighted by atomic mass is 10.1. The van der Waals surface area contributed by atoms with E-state index in [1.165, 1.54) is 18.9 Å². The Morgan fingerprint density at radius 1 is 1.37 bits per heavy atom. The Morgan fingerprint density at radius 2 is 2.15 bits per heavy atom. The van der Waals surface area contributed by atoms with Crippen molar-refractivity contribution < 1.29 is 14.3 Å². The van der Waals surface area contributed by atoms with Gasteiger partial charge in [0.15, 0.2) is 11.6 Å². The lowest BCUT2D eigenvalue weighted by molar-refractivity contribution is -0.141. The Hall–Kier alpha value is -2.57. The van der Waals surface area contributed by atoms with Crippen molar-refractivity contribution in [1.82, 2.24) is 9.97 Å². The number of unbranched alkanes of at least 4 members (excludes halogenated alkanes) is 1. The van der Waals surface area contributed by atoms with Gasteiger partial charge in [-0.1, -0.05) is 43.6 Å². The zero-order valence-electron chi connectivity index (χ0n) is 16.8. The van der Waals surface area contributed by atoms with Crippen LogP contribution in [0.15, 0.2) is 30.0 Å². The van der Waals surface area contributed by atoms with Gasteiger partial charge in [0.1, 0.15) is 6.04 Å². The van der Waals surface area contributed by atoms with Gasteiger partial charge in [-0.2, -0.15) is 4.98 Å². The minimum Gasteiger partial charge on any atom is -0.488 e. The van der Waals surface area contributed by atoms with Gasteiger partial charge < -0.3 is 20.5 Å². The van der Waals surface area contributed by atoms with Crippen LogP contribution in [0.25, 0.3) is 0 Å². The Balaban J connectivity index is 2.77. The van der Waals surface area contributed by atoms with E-state index in [1.54, 1.807) is 0 Å². The average Bonchev–Trinajstić information content (AvgIpc) is 2.68. The molecule has 0 saturated carbocycles. The van der Waals surface area contributed by atoms with Crippen LogP contribution in [0.4, 0.5) is 11.8 Å². The molecule has 0 aromatic carbocycles. The molecule has 0 amide bonds. The van der Waals surface area contributed by atoms with Crippen LogP contribution in [0.5, 0.6) is 5.75 Å². The summed E-state index contributed by atoms with van der Waals surface area (Å²) in [6.07, 6.45) is 12.0. The SMILES string of the molecule is C/C=C\C(=C/C)CCCOc1cnc(N)nc1NC(CCCC)C(=O)OC. The molecule has 1 aromatic rings. The summed E-state index contributed by atoms with van der Waals surface area (Å²) in [7, 11) is 1.37. The Morgan fingerprint density at radius 3 is 2.78 bits per heavy atom. The molecule has 1 heterocycles. The van der Waals surface area contributed by atoms with Crippen molar-refractivity contribution >= 4 is 17.7 Å². The monoisotopic (exact) mass is 376 g/mol. The molecule has 3 N–H and O–H groups in total. The Bertz CT molecular complexity index is 644. The standard InChI is InChI=1S/C20H32N4O3/c1-5-8-12-16(19(25)26-4)23-18-17(14-22-20(21)24-18)27-13-9-11-15(7-3)10-6-2/h6-7,10,14,16H,5,8-9,11-13H2,1-4H3,(H3,21,22,23,24)/b10-6-,15-7+. The number of methoxy groups -OCH3 is 1. The van der Waals surface area contributed by atoms with Crippen molar-refractivity contribution in [2.45, 2.75) is 58.9 Å². The van der Waals surface area contributed by atoms with E-state index < -0.39 is 6.04 Å². The van der Waals surface area contributed by atoms with E-state index in [4.69, 9.17) is 15.2 Å². The third-order valence-electron chi connectivity index (χ3n) is 4.04. The Kier molecular flexibility index (Phi) is 10.6. The van der Waals surface area contributed by atoms with Crippen LogP contribution in [-0.2, 0) is 9.53 Å². The smallest absolute Gasteiger partial charge is 0.328 e. The van der Waals surface area contributed by atoms with Crippen LogP contribution in [0, 0.1) is 0 Å². The molecule has 0 aliphatic heterocycles. The fraction of sp³-hybridized carbons (Fsp3) is 0.550. The quantitative estimate of drug-likeness (QED) is 0.324. The number of rotatable bonds is 12. The molecule has 27 heavy (non-hydrogen) atoms. The lowest BCUT2D eigenvalue weighted by Gasteiger charge is -2.19. The number of ether oxygens (including phenoxy) is 2. The van der Waals surface area contributed by atoms with Crippen molar-refractivity contribution in [2.75, 3.05) is 24.8 Å². The maximum absolute atomic E-state index is 12.0. The van der Waals surface area contributed by atoms with E-state index in [0.717, 1.165) is 25.7 Å². The molecule has 7 heteroatoms. The van der Waals surface area contributed by atoms with Gasteiger partial charge in [-0.05, 0) is 33.1 Å². The van der Waals surface area contributed by atoms with Gasteiger partial charge >= 0.3 is 5.97 Å². The first-order valence-corrected chi connectivity index (χ1v) is 9.43. The van der Waals surface area contributed by atoms with Crippen LogP contribution in [0.1, 0.15) is 52.9 Å². The average molecular weight is 377 g/mol. The molecule has 0 aliphatic carbocycles. The number of carbonyl (C=O) groups is 1. The summed E-state index contributed by atoms with van der Waals surface area (Å²) in [5.41, 5.74) is 6.97. The van der Waals surface area contributed by atoms with Gasteiger partial charge in [0.2, 0.25) is 5.95 Å². The molecule has 1 aromatic heterocycles. The molecule has 0 saturated heterocycles. The van der Waals surface area contributed by atoms with Gasteiger partial charge in [-0.25, -0.2) is 9.78 Å². The van der Waals surface area contributed by atoms with Crippen molar-refractivity contribution in [2.24, 2.45) is 0 Å². The Labute approximate surface area is 162 Å². The molecular formula is C20H32N4O3. The summed E-state index contributed by atoms with van der Waals surface area (Å²) in [4.78, 5) is 20.2.